The van der Waals surface area contributed by atoms with E-state index in [1.54, 1.807) is 6.92 Å². The molecule has 1 aromatic carbocycles. The highest BCUT2D eigenvalue weighted by atomic mass is 79.9. The molecule has 20 heavy (non-hydrogen) atoms. The Morgan fingerprint density at radius 2 is 2.20 bits per heavy atom. The number of halogens is 1. The monoisotopic (exact) mass is 343 g/mol. The topological polar surface area (TPSA) is 70.8 Å². The van der Waals surface area contributed by atoms with E-state index in [0.29, 0.717) is 31.3 Å². The number of nitrogens with two attached hydrogens (primary N) is 1. The van der Waals surface area contributed by atoms with E-state index in [1.165, 1.54) is 0 Å². The van der Waals surface area contributed by atoms with Crippen molar-refractivity contribution in [1.82, 2.24) is 0 Å². The molecule has 1 heterocycles. The van der Waals surface area contributed by atoms with Gasteiger partial charge in [0.25, 0.3) is 0 Å². The smallest absolute Gasteiger partial charge is 0.307 e. The maximum Gasteiger partial charge on any atom is 0.307 e. The lowest BCUT2D eigenvalue weighted by molar-refractivity contribution is -0.143. The van der Waals surface area contributed by atoms with Crippen molar-refractivity contribution >= 4 is 21.9 Å². The van der Waals surface area contributed by atoms with Gasteiger partial charge in [-0.3, -0.25) is 4.79 Å². The fourth-order valence-electron chi connectivity index (χ4n) is 1.98. The lowest BCUT2D eigenvalue weighted by Crippen LogP contribution is -2.17. The highest BCUT2D eigenvalue weighted by Gasteiger charge is 2.19. The number of benzene rings is 1. The van der Waals surface area contributed by atoms with Crippen LogP contribution in [0.2, 0.25) is 0 Å². The van der Waals surface area contributed by atoms with Gasteiger partial charge in [-0.2, -0.15) is 0 Å². The first kappa shape index (κ1) is 15.1. The quantitative estimate of drug-likeness (QED) is 0.850. The summed E-state index contributed by atoms with van der Waals surface area (Å²) in [6.45, 7) is 3.36. The second-order valence-electron chi connectivity index (χ2n) is 4.50. The van der Waals surface area contributed by atoms with Crippen molar-refractivity contribution in [3.63, 3.8) is 0 Å². The molecule has 1 aliphatic heterocycles. The number of carbonyl (C=O) groups is 1. The molecule has 1 aromatic rings. The van der Waals surface area contributed by atoms with Crippen LogP contribution in [0.4, 0.5) is 0 Å². The van der Waals surface area contributed by atoms with Crippen LogP contribution in [-0.2, 0) is 9.53 Å². The lowest BCUT2D eigenvalue weighted by Gasteiger charge is -2.15. The molecule has 0 aliphatic carbocycles. The molecule has 1 aliphatic rings. The Morgan fingerprint density at radius 3 is 2.95 bits per heavy atom. The van der Waals surface area contributed by atoms with E-state index in [9.17, 15) is 4.79 Å². The third-order valence-electron chi connectivity index (χ3n) is 2.94. The van der Waals surface area contributed by atoms with Gasteiger partial charge in [0.1, 0.15) is 0 Å². The zero-order valence-electron chi connectivity index (χ0n) is 11.4. The SMILES string of the molecule is CCOC(=O)CC(N)c1cc(Br)c2c(c1)OCCCO2. The third kappa shape index (κ3) is 3.64. The van der Waals surface area contributed by atoms with Crippen LogP contribution in [-0.4, -0.2) is 25.8 Å². The van der Waals surface area contributed by atoms with Crippen LogP contribution < -0.4 is 15.2 Å². The molecule has 1 unspecified atom stereocenters. The van der Waals surface area contributed by atoms with Crippen molar-refractivity contribution in [1.29, 1.82) is 0 Å². The molecule has 110 valence electrons. The third-order valence-corrected chi connectivity index (χ3v) is 3.53. The van der Waals surface area contributed by atoms with Crippen LogP contribution in [0.5, 0.6) is 11.5 Å². The van der Waals surface area contributed by atoms with Crippen LogP contribution in [0.1, 0.15) is 31.4 Å². The Morgan fingerprint density at radius 1 is 1.45 bits per heavy atom. The summed E-state index contributed by atoms with van der Waals surface area (Å²) in [7, 11) is 0. The normalized spacial score (nSPS) is 15.3. The average molecular weight is 344 g/mol. The Bertz CT molecular complexity index is 492. The summed E-state index contributed by atoms with van der Waals surface area (Å²) in [4.78, 5) is 11.5. The molecule has 0 radical (unpaired) electrons. The molecule has 0 fully saturated rings. The molecular formula is C14H18BrNO4. The average Bonchev–Trinajstić information content (AvgIpc) is 2.64. The number of esters is 1. The molecule has 0 aromatic heterocycles. The second kappa shape index (κ2) is 6.95. The van der Waals surface area contributed by atoms with E-state index in [4.69, 9.17) is 19.9 Å². The van der Waals surface area contributed by atoms with E-state index in [1.807, 2.05) is 12.1 Å². The van der Waals surface area contributed by atoms with E-state index in [2.05, 4.69) is 15.9 Å². The molecule has 0 saturated heterocycles. The number of ether oxygens (including phenoxy) is 3. The fourth-order valence-corrected chi connectivity index (χ4v) is 2.56. The Kier molecular flexibility index (Phi) is 5.25. The minimum Gasteiger partial charge on any atom is -0.490 e. The molecule has 0 spiro atoms. The van der Waals surface area contributed by atoms with Gasteiger partial charge in [0, 0.05) is 12.5 Å². The van der Waals surface area contributed by atoms with Gasteiger partial charge in [0.15, 0.2) is 11.5 Å². The number of carbonyl (C=O) groups excluding carboxylic acids is 1. The van der Waals surface area contributed by atoms with Gasteiger partial charge in [-0.15, -0.1) is 0 Å². The lowest BCUT2D eigenvalue weighted by atomic mass is 10.0. The molecular weight excluding hydrogens is 326 g/mol. The van der Waals surface area contributed by atoms with E-state index in [-0.39, 0.29) is 12.4 Å². The predicted molar refractivity (Wildman–Crippen MR) is 77.9 cm³/mol. The van der Waals surface area contributed by atoms with Crippen molar-refractivity contribution in [2.75, 3.05) is 19.8 Å². The Balaban J connectivity index is 2.18. The molecule has 6 heteroatoms. The summed E-state index contributed by atoms with van der Waals surface area (Å²) in [5.74, 6) is 1.05. The fraction of sp³-hybridized carbons (Fsp3) is 0.500. The highest BCUT2D eigenvalue weighted by Crippen LogP contribution is 2.39. The van der Waals surface area contributed by atoms with Crippen LogP contribution in [0, 0.1) is 0 Å². The maximum absolute atomic E-state index is 11.5. The molecule has 0 amide bonds. The van der Waals surface area contributed by atoms with E-state index in [0.717, 1.165) is 16.5 Å². The van der Waals surface area contributed by atoms with Gasteiger partial charge < -0.3 is 19.9 Å². The highest BCUT2D eigenvalue weighted by molar-refractivity contribution is 9.10. The molecule has 0 saturated carbocycles. The van der Waals surface area contributed by atoms with Crippen LogP contribution in [0.15, 0.2) is 16.6 Å². The molecule has 1 atom stereocenters. The van der Waals surface area contributed by atoms with Gasteiger partial charge in [0.2, 0.25) is 0 Å². The van der Waals surface area contributed by atoms with Gasteiger partial charge in [-0.1, -0.05) is 0 Å². The van der Waals surface area contributed by atoms with Crippen molar-refractivity contribution in [2.45, 2.75) is 25.8 Å². The zero-order chi connectivity index (χ0) is 14.5. The largest absolute Gasteiger partial charge is 0.490 e. The standard InChI is InChI=1S/C14H18BrNO4/c1-2-18-13(17)8-11(16)9-6-10(15)14-12(7-9)19-4-3-5-20-14/h6-7,11H,2-5,8,16H2,1H3. The number of hydrogen-bond donors (Lipinski definition) is 1. The summed E-state index contributed by atoms with van der Waals surface area (Å²) in [6, 6.07) is 3.26. The van der Waals surface area contributed by atoms with Crippen LogP contribution in [0.25, 0.3) is 0 Å². The van der Waals surface area contributed by atoms with Crippen molar-refractivity contribution < 1.29 is 19.0 Å². The van der Waals surface area contributed by atoms with Gasteiger partial charge in [0.05, 0.1) is 30.7 Å². The zero-order valence-corrected chi connectivity index (χ0v) is 12.9. The molecule has 0 bridgehead atoms. The molecule has 2 N–H and O–H groups in total. The van der Waals surface area contributed by atoms with Crippen molar-refractivity contribution in [2.24, 2.45) is 5.73 Å². The number of fused-ring (bicyclic) bond motifs is 1. The first-order chi connectivity index (χ1) is 9.61. The van der Waals surface area contributed by atoms with Gasteiger partial charge in [-0.05, 0) is 40.5 Å². The second-order valence-corrected chi connectivity index (χ2v) is 5.35. The maximum atomic E-state index is 11.5. The number of hydrogen-bond acceptors (Lipinski definition) is 5. The van der Waals surface area contributed by atoms with Crippen LogP contribution >= 0.6 is 15.9 Å². The van der Waals surface area contributed by atoms with Gasteiger partial charge in [-0.25, -0.2) is 0 Å². The predicted octanol–water partition coefficient (Wildman–Crippen LogP) is 2.56. The first-order valence-electron chi connectivity index (χ1n) is 6.62. The van der Waals surface area contributed by atoms with E-state index < -0.39 is 6.04 Å². The van der Waals surface area contributed by atoms with Crippen LogP contribution in [0.3, 0.4) is 0 Å². The van der Waals surface area contributed by atoms with Crippen molar-refractivity contribution in [3.05, 3.63) is 22.2 Å². The summed E-state index contributed by atoms with van der Waals surface area (Å²) in [6.07, 6.45) is 0.977. The number of rotatable bonds is 4. The Hall–Kier alpha value is -1.27. The van der Waals surface area contributed by atoms with E-state index >= 15 is 0 Å². The minimum atomic E-state index is -0.428. The van der Waals surface area contributed by atoms with Crippen molar-refractivity contribution in [3.8, 4) is 11.5 Å². The summed E-state index contributed by atoms with van der Waals surface area (Å²) in [5, 5.41) is 0. The summed E-state index contributed by atoms with van der Waals surface area (Å²) < 4.78 is 17.0. The summed E-state index contributed by atoms with van der Waals surface area (Å²) >= 11 is 3.46. The Labute approximate surface area is 126 Å². The van der Waals surface area contributed by atoms with Gasteiger partial charge >= 0.3 is 5.97 Å². The molecule has 5 nitrogen and oxygen atoms in total. The molecule has 2 rings (SSSR count). The first-order valence-corrected chi connectivity index (χ1v) is 7.41. The minimum absolute atomic E-state index is 0.139. The summed E-state index contributed by atoms with van der Waals surface area (Å²) in [5.41, 5.74) is 6.86.